The van der Waals surface area contributed by atoms with Crippen molar-refractivity contribution in [2.45, 2.75) is 33.2 Å². The molecule has 0 fully saturated rings. The lowest BCUT2D eigenvalue weighted by Crippen LogP contribution is -2.23. The van der Waals surface area contributed by atoms with E-state index < -0.39 is 0 Å². The number of rotatable bonds is 5. The number of aromatic hydroxyl groups is 1. The Morgan fingerprint density at radius 1 is 1.14 bits per heavy atom. The van der Waals surface area contributed by atoms with Crippen LogP contribution in [0.4, 0.5) is 0 Å². The van der Waals surface area contributed by atoms with Crippen molar-refractivity contribution in [1.82, 2.24) is 10.3 Å². The zero-order chi connectivity index (χ0) is 15.2. The zero-order valence-corrected chi connectivity index (χ0v) is 12.4. The molecule has 1 aromatic heterocycles. The normalized spacial score (nSPS) is 10.4. The van der Waals surface area contributed by atoms with E-state index in [2.05, 4.69) is 10.3 Å². The first-order chi connectivity index (χ1) is 10.0. The molecule has 0 unspecified atom stereocenters. The second-order valence-corrected chi connectivity index (χ2v) is 5.20. The highest BCUT2D eigenvalue weighted by molar-refractivity contribution is 5.76. The first kappa shape index (κ1) is 15.0. The maximum absolute atomic E-state index is 11.9. The van der Waals surface area contributed by atoms with Crippen LogP contribution < -0.4 is 5.32 Å². The van der Waals surface area contributed by atoms with Crippen LogP contribution >= 0.6 is 0 Å². The molecule has 1 aromatic carbocycles. The van der Waals surface area contributed by atoms with E-state index in [0.717, 1.165) is 22.5 Å². The summed E-state index contributed by atoms with van der Waals surface area (Å²) in [5, 5.41) is 12.3. The van der Waals surface area contributed by atoms with Gasteiger partial charge in [0.1, 0.15) is 5.75 Å². The number of nitrogens with zero attached hydrogens (tertiary/aromatic N) is 1. The molecule has 2 aromatic rings. The molecular weight excluding hydrogens is 264 g/mol. The van der Waals surface area contributed by atoms with Gasteiger partial charge >= 0.3 is 0 Å². The van der Waals surface area contributed by atoms with Crippen molar-refractivity contribution < 1.29 is 9.90 Å². The Bertz CT molecular complexity index is 618. The maximum atomic E-state index is 11.9. The lowest BCUT2D eigenvalue weighted by Gasteiger charge is -2.07. The van der Waals surface area contributed by atoms with E-state index >= 15 is 0 Å². The average molecular weight is 284 g/mol. The monoisotopic (exact) mass is 284 g/mol. The summed E-state index contributed by atoms with van der Waals surface area (Å²) in [6.45, 7) is 4.41. The van der Waals surface area contributed by atoms with Crippen LogP contribution in [0, 0.1) is 13.8 Å². The number of aryl methyl sites for hydroxylation is 3. The molecule has 4 heteroatoms. The number of pyridine rings is 1. The summed E-state index contributed by atoms with van der Waals surface area (Å²) < 4.78 is 0. The van der Waals surface area contributed by atoms with Crippen LogP contribution in [0.5, 0.6) is 5.75 Å². The van der Waals surface area contributed by atoms with Gasteiger partial charge < -0.3 is 10.4 Å². The van der Waals surface area contributed by atoms with Crippen LogP contribution in [0.25, 0.3) is 0 Å². The molecule has 0 spiro atoms. The van der Waals surface area contributed by atoms with E-state index in [-0.39, 0.29) is 11.7 Å². The number of hydrogen-bond acceptors (Lipinski definition) is 3. The molecule has 0 aliphatic carbocycles. The van der Waals surface area contributed by atoms with Crippen molar-refractivity contribution in [3.63, 3.8) is 0 Å². The van der Waals surface area contributed by atoms with E-state index in [1.165, 1.54) is 0 Å². The minimum Gasteiger partial charge on any atom is -0.508 e. The van der Waals surface area contributed by atoms with Gasteiger partial charge in [-0.15, -0.1) is 0 Å². The Morgan fingerprint density at radius 2 is 1.86 bits per heavy atom. The van der Waals surface area contributed by atoms with Gasteiger partial charge in [-0.1, -0.05) is 12.1 Å². The fraction of sp³-hybridized carbons (Fsp3) is 0.294. The first-order valence-corrected chi connectivity index (χ1v) is 7.02. The number of phenolic OH excluding ortho intramolecular Hbond substituents is 1. The van der Waals surface area contributed by atoms with Crippen LogP contribution in [0.1, 0.15) is 28.9 Å². The van der Waals surface area contributed by atoms with E-state index in [1.54, 1.807) is 18.2 Å². The van der Waals surface area contributed by atoms with Gasteiger partial charge in [0, 0.05) is 24.4 Å². The highest BCUT2D eigenvalue weighted by atomic mass is 16.3. The molecule has 4 nitrogen and oxygen atoms in total. The number of aromatic nitrogens is 1. The number of hydrogen-bond donors (Lipinski definition) is 2. The van der Waals surface area contributed by atoms with Crippen LogP contribution in [0.15, 0.2) is 36.4 Å². The molecule has 0 radical (unpaired) electrons. The minimum atomic E-state index is 0.00506. The number of amides is 1. The van der Waals surface area contributed by atoms with Gasteiger partial charge in [-0.3, -0.25) is 9.78 Å². The molecule has 0 saturated carbocycles. The number of nitrogens with one attached hydrogen (secondary N) is 1. The summed E-state index contributed by atoms with van der Waals surface area (Å²) >= 11 is 0. The van der Waals surface area contributed by atoms with Gasteiger partial charge in [0.2, 0.25) is 5.91 Å². The Labute approximate surface area is 124 Å². The zero-order valence-electron chi connectivity index (χ0n) is 12.4. The van der Waals surface area contributed by atoms with Gasteiger partial charge in [0.15, 0.2) is 0 Å². The number of benzene rings is 1. The molecule has 0 aliphatic rings. The van der Waals surface area contributed by atoms with Gasteiger partial charge in [-0.05, 0) is 55.7 Å². The quantitative estimate of drug-likeness (QED) is 0.887. The molecular formula is C17H20N2O2. The average Bonchev–Trinajstić information content (AvgIpc) is 2.42. The van der Waals surface area contributed by atoms with Crippen molar-refractivity contribution in [2.75, 3.05) is 0 Å². The third-order valence-corrected chi connectivity index (χ3v) is 3.18. The summed E-state index contributed by atoms with van der Waals surface area (Å²) in [6, 6.07) is 10.9. The highest BCUT2D eigenvalue weighted by Crippen LogP contribution is 2.12. The van der Waals surface area contributed by atoms with E-state index in [4.69, 9.17) is 0 Å². The summed E-state index contributed by atoms with van der Waals surface area (Å²) in [5.41, 5.74) is 3.93. The fourth-order valence-electron chi connectivity index (χ4n) is 2.28. The van der Waals surface area contributed by atoms with Crippen LogP contribution in [0.3, 0.4) is 0 Å². The number of carbonyl (C=O) groups excluding carboxylic acids is 1. The molecule has 0 atom stereocenters. The molecule has 0 bridgehead atoms. The largest absolute Gasteiger partial charge is 0.508 e. The fourth-order valence-corrected chi connectivity index (χ4v) is 2.28. The summed E-state index contributed by atoms with van der Waals surface area (Å²) in [5.74, 6) is 0.237. The van der Waals surface area contributed by atoms with Gasteiger partial charge in [0.25, 0.3) is 0 Å². The van der Waals surface area contributed by atoms with Gasteiger partial charge in [0.05, 0.1) is 0 Å². The second kappa shape index (κ2) is 6.88. The molecule has 110 valence electrons. The molecule has 1 amide bonds. The minimum absolute atomic E-state index is 0.00506. The molecule has 0 aliphatic heterocycles. The van der Waals surface area contributed by atoms with Gasteiger partial charge in [-0.25, -0.2) is 0 Å². The van der Waals surface area contributed by atoms with Crippen molar-refractivity contribution in [3.05, 3.63) is 58.9 Å². The van der Waals surface area contributed by atoms with E-state index in [1.807, 2.05) is 32.0 Å². The smallest absolute Gasteiger partial charge is 0.220 e. The van der Waals surface area contributed by atoms with Crippen molar-refractivity contribution >= 4 is 5.91 Å². The van der Waals surface area contributed by atoms with Gasteiger partial charge in [-0.2, -0.15) is 0 Å². The predicted octanol–water partition coefficient (Wildman–Crippen LogP) is 2.65. The maximum Gasteiger partial charge on any atom is 0.220 e. The molecule has 21 heavy (non-hydrogen) atoms. The summed E-state index contributed by atoms with van der Waals surface area (Å²) in [4.78, 5) is 16.2. The van der Waals surface area contributed by atoms with Crippen molar-refractivity contribution in [3.8, 4) is 5.75 Å². The topological polar surface area (TPSA) is 62.2 Å². The summed E-state index contributed by atoms with van der Waals surface area (Å²) in [7, 11) is 0. The van der Waals surface area contributed by atoms with Crippen molar-refractivity contribution in [1.29, 1.82) is 0 Å². The lowest BCUT2D eigenvalue weighted by atomic mass is 10.1. The summed E-state index contributed by atoms with van der Waals surface area (Å²) in [6.07, 6.45) is 1.03. The molecule has 2 rings (SSSR count). The number of carbonyl (C=O) groups is 1. The Kier molecular flexibility index (Phi) is 4.93. The van der Waals surface area contributed by atoms with E-state index in [0.29, 0.717) is 19.4 Å². The number of phenols is 1. The standard InChI is InChI=1S/C17H20N2O2/c1-12-8-15(9-13(2)19-12)11-18-17(21)7-6-14-4-3-5-16(20)10-14/h3-5,8-10,20H,6-7,11H2,1-2H3,(H,18,21). The Hall–Kier alpha value is -2.36. The van der Waals surface area contributed by atoms with Crippen LogP contribution in [-0.2, 0) is 17.8 Å². The predicted molar refractivity (Wildman–Crippen MR) is 82.0 cm³/mol. The molecule has 2 N–H and O–H groups in total. The molecule has 1 heterocycles. The first-order valence-electron chi connectivity index (χ1n) is 7.02. The highest BCUT2D eigenvalue weighted by Gasteiger charge is 2.04. The van der Waals surface area contributed by atoms with E-state index in [9.17, 15) is 9.90 Å². The second-order valence-electron chi connectivity index (χ2n) is 5.20. The van der Waals surface area contributed by atoms with Crippen LogP contribution in [-0.4, -0.2) is 16.0 Å². The van der Waals surface area contributed by atoms with Crippen LogP contribution in [0.2, 0.25) is 0 Å². The SMILES string of the molecule is Cc1cc(CNC(=O)CCc2cccc(O)c2)cc(C)n1. The Morgan fingerprint density at radius 3 is 2.52 bits per heavy atom. The lowest BCUT2D eigenvalue weighted by molar-refractivity contribution is -0.121. The Balaban J connectivity index is 1.82. The van der Waals surface area contributed by atoms with Crippen molar-refractivity contribution in [2.24, 2.45) is 0 Å². The third-order valence-electron chi connectivity index (χ3n) is 3.18. The molecule has 0 saturated heterocycles. The third kappa shape index (κ3) is 4.91.